The van der Waals surface area contributed by atoms with Crippen LogP contribution in [0.5, 0.6) is 5.75 Å². The molecule has 0 radical (unpaired) electrons. The Morgan fingerprint density at radius 3 is 2.50 bits per heavy atom. The molecule has 3 heteroatoms. The van der Waals surface area contributed by atoms with E-state index >= 15 is 0 Å². The van der Waals surface area contributed by atoms with Gasteiger partial charge in [-0.15, -0.1) is 0 Å². The fraction of sp³-hybridized carbons (Fsp3) is 0.615. The molecule has 0 bridgehead atoms. The van der Waals surface area contributed by atoms with Crippen LogP contribution in [-0.2, 0) is 6.42 Å². The molecule has 1 aromatic heterocycles. The molecule has 1 N–H and O–H groups in total. The van der Waals surface area contributed by atoms with Crippen molar-refractivity contribution in [1.29, 1.82) is 0 Å². The van der Waals surface area contributed by atoms with Gasteiger partial charge >= 0.3 is 0 Å². The molecule has 0 fully saturated rings. The summed E-state index contributed by atoms with van der Waals surface area (Å²) in [5.41, 5.74) is 2.98. The number of nitrogens with zero attached hydrogens (tertiary/aromatic N) is 1. The van der Waals surface area contributed by atoms with Gasteiger partial charge in [-0.1, -0.05) is 13.8 Å². The summed E-state index contributed by atoms with van der Waals surface area (Å²) in [7, 11) is 1.66. The monoisotopic (exact) mass is 223 g/mol. The molecule has 0 saturated carbocycles. The van der Waals surface area contributed by atoms with Gasteiger partial charge in [0.25, 0.3) is 0 Å². The van der Waals surface area contributed by atoms with Gasteiger partial charge in [0.1, 0.15) is 5.75 Å². The highest BCUT2D eigenvalue weighted by atomic mass is 16.5. The van der Waals surface area contributed by atoms with Gasteiger partial charge in [-0.05, 0) is 19.8 Å². The lowest BCUT2D eigenvalue weighted by molar-refractivity contribution is 0.124. The van der Waals surface area contributed by atoms with E-state index in [1.54, 1.807) is 13.3 Å². The number of pyridine rings is 1. The summed E-state index contributed by atoms with van der Waals surface area (Å²) in [6.45, 7) is 7.97. The molecular weight excluding hydrogens is 202 g/mol. The maximum atomic E-state index is 9.86. The number of aromatic nitrogens is 1. The predicted molar refractivity (Wildman–Crippen MR) is 64.8 cm³/mol. The Morgan fingerprint density at radius 2 is 2.00 bits per heavy atom. The van der Waals surface area contributed by atoms with E-state index in [4.69, 9.17) is 4.74 Å². The van der Waals surface area contributed by atoms with Gasteiger partial charge in [0.05, 0.1) is 13.2 Å². The summed E-state index contributed by atoms with van der Waals surface area (Å²) in [6.07, 6.45) is 2.03. The average molecular weight is 223 g/mol. The molecule has 1 heterocycles. The third kappa shape index (κ3) is 2.73. The van der Waals surface area contributed by atoms with Crippen LogP contribution in [0.15, 0.2) is 6.20 Å². The maximum absolute atomic E-state index is 9.86. The molecule has 0 amide bonds. The van der Waals surface area contributed by atoms with E-state index in [9.17, 15) is 5.11 Å². The van der Waals surface area contributed by atoms with Crippen LogP contribution in [-0.4, -0.2) is 23.3 Å². The standard InChI is InChI=1S/C13H21NO2/c1-8(2)12(15)6-11-10(4)13(16-5)9(3)7-14-11/h7-8,12,15H,6H2,1-5H3. The molecular formula is C13H21NO2. The molecule has 1 unspecified atom stereocenters. The Hall–Kier alpha value is -1.09. The summed E-state index contributed by atoms with van der Waals surface area (Å²) in [6, 6.07) is 0. The molecule has 0 aliphatic rings. The van der Waals surface area contributed by atoms with Crippen LogP contribution < -0.4 is 4.74 Å². The van der Waals surface area contributed by atoms with E-state index in [0.29, 0.717) is 6.42 Å². The van der Waals surface area contributed by atoms with Crippen molar-refractivity contribution >= 4 is 0 Å². The lowest BCUT2D eigenvalue weighted by Gasteiger charge is -2.17. The van der Waals surface area contributed by atoms with Gasteiger partial charge in [-0.2, -0.15) is 0 Å². The smallest absolute Gasteiger partial charge is 0.128 e. The highest BCUT2D eigenvalue weighted by Crippen LogP contribution is 2.25. The van der Waals surface area contributed by atoms with Gasteiger partial charge in [0, 0.05) is 29.4 Å². The Morgan fingerprint density at radius 1 is 1.38 bits per heavy atom. The summed E-state index contributed by atoms with van der Waals surface area (Å²) < 4.78 is 5.34. The third-order valence-corrected chi connectivity index (χ3v) is 2.92. The van der Waals surface area contributed by atoms with Gasteiger partial charge in [0.2, 0.25) is 0 Å². The SMILES string of the molecule is COc1c(C)cnc(CC(O)C(C)C)c1C. The lowest BCUT2D eigenvalue weighted by Crippen LogP contribution is -2.19. The number of methoxy groups -OCH3 is 1. The zero-order chi connectivity index (χ0) is 12.3. The van der Waals surface area contributed by atoms with E-state index < -0.39 is 0 Å². The molecule has 16 heavy (non-hydrogen) atoms. The summed E-state index contributed by atoms with van der Waals surface area (Å²) in [5.74, 6) is 1.12. The second kappa shape index (κ2) is 5.30. The van der Waals surface area contributed by atoms with Gasteiger partial charge in [0.15, 0.2) is 0 Å². The van der Waals surface area contributed by atoms with Crippen molar-refractivity contribution in [3.8, 4) is 5.75 Å². The number of hydrogen-bond acceptors (Lipinski definition) is 3. The van der Waals surface area contributed by atoms with Crippen molar-refractivity contribution in [2.45, 2.75) is 40.2 Å². The highest BCUT2D eigenvalue weighted by Gasteiger charge is 2.15. The third-order valence-electron chi connectivity index (χ3n) is 2.92. The Bertz CT molecular complexity index is 361. The van der Waals surface area contributed by atoms with E-state index in [-0.39, 0.29) is 12.0 Å². The molecule has 90 valence electrons. The molecule has 0 aromatic carbocycles. The van der Waals surface area contributed by atoms with Crippen LogP contribution in [0.4, 0.5) is 0 Å². The number of aryl methyl sites for hydroxylation is 1. The van der Waals surface area contributed by atoms with Crippen molar-refractivity contribution in [2.75, 3.05) is 7.11 Å². The minimum absolute atomic E-state index is 0.244. The first-order valence-corrected chi connectivity index (χ1v) is 5.64. The second-order valence-corrected chi connectivity index (χ2v) is 4.56. The molecule has 0 saturated heterocycles. The summed E-state index contributed by atoms with van der Waals surface area (Å²) in [4.78, 5) is 4.37. The number of aliphatic hydroxyl groups excluding tert-OH is 1. The Kier molecular flexibility index (Phi) is 4.30. The molecule has 1 rings (SSSR count). The fourth-order valence-electron chi connectivity index (χ4n) is 1.71. The summed E-state index contributed by atoms with van der Waals surface area (Å²) >= 11 is 0. The number of hydrogen-bond donors (Lipinski definition) is 1. The van der Waals surface area contributed by atoms with Gasteiger partial charge in [-0.3, -0.25) is 4.98 Å². The fourth-order valence-corrected chi connectivity index (χ4v) is 1.71. The first-order chi connectivity index (χ1) is 7.47. The quantitative estimate of drug-likeness (QED) is 0.851. The van der Waals surface area contributed by atoms with Crippen molar-refractivity contribution < 1.29 is 9.84 Å². The topological polar surface area (TPSA) is 42.4 Å². The second-order valence-electron chi connectivity index (χ2n) is 4.56. The zero-order valence-corrected chi connectivity index (χ0v) is 10.7. The van der Waals surface area contributed by atoms with Gasteiger partial charge < -0.3 is 9.84 Å². The predicted octanol–water partition coefficient (Wildman–Crippen LogP) is 2.27. The Balaban J connectivity index is 2.98. The van der Waals surface area contributed by atoms with E-state index in [0.717, 1.165) is 22.6 Å². The molecule has 1 atom stereocenters. The maximum Gasteiger partial charge on any atom is 0.128 e. The molecule has 0 aliphatic carbocycles. The average Bonchev–Trinajstić information content (AvgIpc) is 2.22. The van der Waals surface area contributed by atoms with Crippen molar-refractivity contribution in [3.05, 3.63) is 23.0 Å². The largest absolute Gasteiger partial charge is 0.496 e. The zero-order valence-electron chi connectivity index (χ0n) is 10.7. The first-order valence-electron chi connectivity index (χ1n) is 5.64. The van der Waals surface area contributed by atoms with Crippen LogP contribution in [0.3, 0.4) is 0 Å². The number of ether oxygens (including phenoxy) is 1. The van der Waals surface area contributed by atoms with Crippen LogP contribution in [0.2, 0.25) is 0 Å². The first kappa shape index (κ1) is 13.0. The molecule has 1 aromatic rings. The van der Waals surface area contributed by atoms with Crippen LogP contribution >= 0.6 is 0 Å². The normalized spacial score (nSPS) is 12.9. The molecule has 3 nitrogen and oxygen atoms in total. The van der Waals surface area contributed by atoms with Crippen molar-refractivity contribution in [3.63, 3.8) is 0 Å². The number of aliphatic hydroxyl groups is 1. The van der Waals surface area contributed by atoms with E-state index in [1.807, 2.05) is 27.7 Å². The number of rotatable bonds is 4. The minimum atomic E-state index is -0.349. The van der Waals surface area contributed by atoms with Gasteiger partial charge in [-0.25, -0.2) is 0 Å². The van der Waals surface area contributed by atoms with Crippen molar-refractivity contribution in [2.24, 2.45) is 5.92 Å². The van der Waals surface area contributed by atoms with Crippen LogP contribution in [0, 0.1) is 19.8 Å². The van der Waals surface area contributed by atoms with E-state index in [2.05, 4.69) is 4.98 Å². The highest BCUT2D eigenvalue weighted by molar-refractivity contribution is 5.41. The molecule has 0 aliphatic heterocycles. The lowest BCUT2D eigenvalue weighted by atomic mass is 9.99. The Labute approximate surface area is 97.5 Å². The van der Waals surface area contributed by atoms with Crippen LogP contribution in [0.25, 0.3) is 0 Å². The van der Waals surface area contributed by atoms with E-state index in [1.165, 1.54) is 0 Å². The minimum Gasteiger partial charge on any atom is -0.496 e. The molecule has 0 spiro atoms. The van der Waals surface area contributed by atoms with Crippen molar-refractivity contribution in [1.82, 2.24) is 4.98 Å². The summed E-state index contributed by atoms with van der Waals surface area (Å²) in [5, 5.41) is 9.86. The van der Waals surface area contributed by atoms with Crippen LogP contribution in [0.1, 0.15) is 30.7 Å².